The maximum Gasteiger partial charge on any atom is 0.338 e. The SMILES string of the molecule is COc1cc(C(=O)OC[C@H]2O[C@H](OC)[C@H](O)[C@@H](O)[C@@H]2O)cc(Cl)c1OCc1cccc(N)c1. The summed E-state index contributed by atoms with van der Waals surface area (Å²) in [6.07, 6.45) is -6.76. The maximum atomic E-state index is 12.6. The monoisotopic (exact) mass is 483 g/mol. The van der Waals surface area contributed by atoms with E-state index < -0.39 is 43.3 Å². The topological polar surface area (TPSA) is 150 Å². The number of anilines is 1. The van der Waals surface area contributed by atoms with Crippen molar-refractivity contribution in [1.29, 1.82) is 0 Å². The second kappa shape index (κ2) is 11.0. The second-order valence-corrected chi connectivity index (χ2v) is 7.78. The minimum absolute atomic E-state index is 0.0716. The molecule has 180 valence electrons. The van der Waals surface area contributed by atoms with Gasteiger partial charge in [0.25, 0.3) is 0 Å². The first-order valence-corrected chi connectivity index (χ1v) is 10.4. The molecule has 0 saturated carbocycles. The number of esters is 1. The molecule has 0 bridgehead atoms. The number of carbonyl (C=O) groups is 1. The Labute approximate surface area is 195 Å². The lowest BCUT2D eigenvalue weighted by Crippen LogP contribution is -2.59. The first kappa shape index (κ1) is 25.0. The van der Waals surface area contributed by atoms with Crippen LogP contribution in [0.25, 0.3) is 0 Å². The van der Waals surface area contributed by atoms with E-state index in [1.54, 1.807) is 18.2 Å². The molecule has 3 rings (SSSR count). The summed E-state index contributed by atoms with van der Waals surface area (Å²) in [5, 5.41) is 30.0. The largest absolute Gasteiger partial charge is 0.493 e. The Kier molecular flexibility index (Phi) is 8.35. The van der Waals surface area contributed by atoms with E-state index in [1.807, 2.05) is 6.07 Å². The number of hydrogen-bond acceptors (Lipinski definition) is 10. The molecule has 1 heterocycles. The normalized spacial score (nSPS) is 24.8. The van der Waals surface area contributed by atoms with Crippen LogP contribution in [0, 0.1) is 0 Å². The number of nitrogen functional groups attached to an aromatic ring is 1. The molecule has 0 spiro atoms. The summed E-state index contributed by atoms with van der Waals surface area (Å²) < 4.78 is 26.6. The molecule has 11 heteroatoms. The van der Waals surface area contributed by atoms with Crippen LogP contribution in [0.4, 0.5) is 5.69 Å². The number of hydrogen-bond donors (Lipinski definition) is 4. The zero-order valence-electron chi connectivity index (χ0n) is 18.0. The molecule has 1 fully saturated rings. The first-order valence-electron chi connectivity index (χ1n) is 9.99. The number of nitrogens with two attached hydrogens (primary N) is 1. The lowest BCUT2D eigenvalue weighted by atomic mass is 9.99. The number of halogens is 1. The Bertz CT molecular complexity index is 971. The first-order chi connectivity index (χ1) is 15.7. The molecule has 1 aliphatic heterocycles. The van der Waals surface area contributed by atoms with Gasteiger partial charge in [-0.05, 0) is 29.8 Å². The molecule has 2 aromatic carbocycles. The number of ether oxygens (including phenoxy) is 5. The highest BCUT2D eigenvalue weighted by molar-refractivity contribution is 6.32. The van der Waals surface area contributed by atoms with Gasteiger partial charge in [0.15, 0.2) is 17.8 Å². The van der Waals surface area contributed by atoms with E-state index in [2.05, 4.69) is 0 Å². The van der Waals surface area contributed by atoms with Gasteiger partial charge in [-0.25, -0.2) is 4.79 Å². The third-order valence-corrected chi connectivity index (χ3v) is 5.36. The Morgan fingerprint density at radius 1 is 1.12 bits per heavy atom. The van der Waals surface area contributed by atoms with Crippen molar-refractivity contribution in [3.63, 3.8) is 0 Å². The van der Waals surface area contributed by atoms with Crippen LogP contribution < -0.4 is 15.2 Å². The van der Waals surface area contributed by atoms with Crippen molar-refractivity contribution in [3.05, 3.63) is 52.5 Å². The van der Waals surface area contributed by atoms with E-state index in [0.717, 1.165) is 5.56 Å². The Morgan fingerprint density at radius 2 is 1.88 bits per heavy atom. The van der Waals surface area contributed by atoms with Crippen LogP contribution in [-0.2, 0) is 20.8 Å². The molecule has 5 atom stereocenters. The lowest BCUT2D eigenvalue weighted by molar-refractivity contribution is -0.294. The standard InChI is InChI=1S/C22H26ClNO9/c1-29-15-8-12(7-14(23)20(15)31-9-11-4-3-5-13(24)6-11)21(28)32-10-16-17(25)18(26)19(27)22(30-2)33-16/h3-8,16-19,22,25-27H,9-10,24H2,1-2H3/t16-,17-,18+,19-,22+/m1/s1. The average Bonchev–Trinajstić information content (AvgIpc) is 2.80. The van der Waals surface area contributed by atoms with Crippen LogP contribution in [0.3, 0.4) is 0 Å². The quantitative estimate of drug-likeness (QED) is 0.317. The van der Waals surface area contributed by atoms with Crippen LogP contribution in [0.2, 0.25) is 5.02 Å². The fraction of sp³-hybridized carbons (Fsp3) is 0.409. The summed E-state index contributed by atoms with van der Waals surface area (Å²) in [5.41, 5.74) is 7.26. The maximum absolute atomic E-state index is 12.6. The van der Waals surface area contributed by atoms with Gasteiger partial charge in [-0.2, -0.15) is 0 Å². The van der Waals surface area contributed by atoms with Gasteiger partial charge < -0.3 is 44.7 Å². The number of aliphatic hydroxyl groups is 3. The van der Waals surface area contributed by atoms with E-state index in [1.165, 1.54) is 26.4 Å². The second-order valence-electron chi connectivity index (χ2n) is 7.37. The molecule has 1 aliphatic rings. The smallest absolute Gasteiger partial charge is 0.338 e. The highest BCUT2D eigenvalue weighted by Crippen LogP contribution is 2.37. The van der Waals surface area contributed by atoms with E-state index >= 15 is 0 Å². The van der Waals surface area contributed by atoms with E-state index in [-0.39, 0.29) is 28.7 Å². The van der Waals surface area contributed by atoms with Crippen molar-refractivity contribution in [1.82, 2.24) is 0 Å². The van der Waals surface area contributed by atoms with Gasteiger partial charge >= 0.3 is 5.97 Å². The summed E-state index contributed by atoms with van der Waals surface area (Å²) in [6, 6.07) is 9.92. The van der Waals surface area contributed by atoms with Gasteiger partial charge in [-0.3, -0.25) is 0 Å². The van der Waals surface area contributed by atoms with Crippen LogP contribution in [-0.4, -0.2) is 72.8 Å². The third-order valence-electron chi connectivity index (χ3n) is 5.08. The van der Waals surface area contributed by atoms with Crippen molar-refractivity contribution in [2.24, 2.45) is 0 Å². The average molecular weight is 484 g/mol. The summed E-state index contributed by atoms with van der Waals surface area (Å²) in [4.78, 5) is 12.6. The van der Waals surface area contributed by atoms with Crippen molar-refractivity contribution in [2.45, 2.75) is 37.3 Å². The molecule has 10 nitrogen and oxygen atoms in total. The molecule has 2 aromatic rings. The highest BCUT2D eigenvalue weighted by Gasteiger charge is 2.44. The van der Waals surface area contributed by atoms with Crippen LogP contribution in [0.1, 0.15) is 15.9 Å². The number of benzene rings is 2. The van der Waals surface area contributed by atoms with Crippen molar-refractivity contribution in [2.75, 3.05) is 26.6 Å². The Balaban J connectivity index is 1.67. The van der Waals surface area contributed by atoms with Gasteiger partial charge in [-0.15, -0.1) is 0 Å². The lowest BCUT2D eigenvalue weighted by Gasteiger charge is -2.39. The van der Waals surface area contributed by atoms with Crippen LogP contribution in [0.15, 0.2) is 36.4 Å². The summed E-state index contributed by atoms with van der Waals surface area (Å²) in [6.45, 7) is -0.228. The fourth-order valence-corrected chi connectivity index (χ4v) is 3.57. The van der Waals surface area contributed by atoms with E-state index in [4.69, 9.17) is 41.0 Å². The molecular formula is C22H26ClNO9. The Hall–Kier alpha value is -2.60. The number of rotatable bonds is 8. The van der Waals surface area contributed by atoms with Crippen LogP contribution >= 0.6 is 11.6 Å². The summed E-state index contributed by atoms with van der Waals surface area (Å²) >= 11 is 6.32. The predicted molar refractivity (Wildman–Crippen MR) is 117 cm³/mol. The zero-order chi connectivity index (χ0) is 24.1. The van der Waals surface area contributed by atoms with Gasteiger partial charge in [0, 0.05) is 12.8 Å². The van der Waals surface area contributed by atoms with E-state index in [0.29, 0.717) is 5.69 Å². The summed E-state index contributed by atoms with van der Waals surface area (Å²) in [7, 11) is 2.67. The molecule has 1 saturated heterocycles. The number of aliphatic hydroxyl groups excluding tert-OH is 3. The Morgan fingerprint density at radius 3 is 2.55 bits per heavy atom. The van der Waals surface area contributed by atoms with Crippen molar-refractivity contribution < 1.29 is 43.8 Å². The van der Waals surface area contributed by atoms with Gasteiger partial charge in [-0.1, -0.05) is 23.7 Å². The molecule has 0 aromatic heterocycles. The highest BCUT2D eigenvalue weighted by atomic mass is 35.5. The minimum Gasteiger partial charge on any atom is -0.493 e. The van der Waals surface area contributed by atoms with Gasteiger partial charge in [0.1, 0.15) is 37.6 Å². The zero-order valence-corrected chi connectivity index (χ0v) is 18.8. The summed E-state index contributed by atoms with van der Waals surface area (Å²) in [5.74, 6) is -0.322. The third kappa shape index (κ3) is 5.85. The van der Waals surface area contributed by atoms with E-state index in [9.17, 15) is 20.1 Å². The van der Waals surface area contributed by atoms with Crippen molar-refractivity contribution >= 4 is 23.3 Å². The molecule has 0 aliphatic carbocycles. The molecule has 0 unspecified atom stereocenters. The molecular weight excluding hydrogens is 458 g/mol. The number of carbonyl (C=O) groups excluding carboxylic acids is 1. The minimum atomic E-state index is -1.53. The van der Waals surface area contributed by atoms with Crippen molar-refractivity contribution in [3.8, 4) is 11.5 Å². The molecule has 0 radical (unpaired) electrons. The van der Waals surface area contributed by atoms with Gasteiger partial charge in [0.2, 0.25) is 0 Å². The fourth-order valence-electron chi connectivity index (χ4n) is 3.31. The number of methoxy groups -OCH3 is 2. The molecule has 5 N–H and O–H groups in total. The molecule has 0 amide bonds. The molecule has 33 heavy (non-hydrogen) atoms. The van der Waals surface area contributed by atoms with Gasteiger partial charge in [0.05, 0.1) is 17.7 Å². The predicted octanol–water partition coefficient (Wildman–Crippen LogP) is 1.12. The van der Waals surface area contributed by atoms with Crippen LogP contribution in [0.5, 0.6) is 11.5 Å².